The number of piperidine rings is 1. The monoisotopic (exact) mass is 228 g/mol. The van der Waals surface area contributed by atoms with E-state index in [4.69, 9.17) is 4.74 Å². The van der Waals surface area contributed by atoms with Gasteiger partial charge in [-0.25, -0.2) is 0 Å². The highest BCUT2D eigenvalue weighted by molar-refractivity contribution is 4.72. The van der Waals surface area contributed by atoms with Crippen LogP contribution in [0, 0.1) is 11.8 Å². The van der Waals surface area contributed by atoms with Crippen molar-refractivity contribution in [1.29, 1.82) is 0 Å². The molecule has 16 heavy (non-hydrogen) atoms. The summed E-state index contributed by atoms with van der Waals surface area (Å²) in [6.07, 6.45) is 2.61. The van der Waals surface area contributed by atoms with E-state index in [-0.39, 0.29) is 0 Å². The van der Waals surface area contributed by atoms with Gasteiger partial charge in [-0.15, -0.1) is 0 Å². The smallest absolute Gasteiger partial charge is 0.0491 e. The van der Waals surface area contributed by atoms with Crippen LogP contribution in [0.1, 0.15) is 26.7 Å². The second kappa shape index (κ2) is 8.04. The Morgan fingerprint density at radius 3 is 2.56 bits per heavy atom. The molecule has 1 saturated heterocycles. The lowest BCUT2D eigenvalue weighted by atomic mass is 9.98. The molecule has 0 spiro atoms. The Morgan fingerprint density at radius 1 is 1.31 bits per heavy atom. The highest BCUT2D eigenvalue weighted by Crippen LogP contribution is 2.16. The fourth-order valence-corrected chi connectivity index (χ4v) is 2.24. The molecule has 0 bridgehead atoms. The molecule has 0 aromatic heterocycles. The summed E-state index contributed by atoms with van der Waals surface area (Å²) in [6.45, 7) is 11.4. The molecular formula is C13H28N2O. The summed E-state index contributed by atoms with van der Waals surface area (Å²) >= 11 is 0. The van der Waals surface area contributed by atoms with Crippen molar-refractivity contribution in [2.75, 3.05) is 46.4 Å². The van der Waals surface area contributed by atoms with Crippen molar-refractivity contribution >= 4 is 0 Å². The van der Waals surface area contributed by atoms with Crippen molar-refractivity contribution in [2.24, 2.45) is 11.8 Å². The highest BCUT2D eigenvalue weighted by Gasteiger charge is 2.18. The molecule has 1 N–H and O–H groups in total. The van der Waals surface area contributed by atoms with E-state index in [9.17, 15) is 0 Å². The zero-order valence-electron chi connectivity index (χ0n) is 11.2. The van der Waals surface area contributed by atoms with Crippen LogP contribution in [0.4, 0.5) is 0 Å². The minimum absolute atomic E-state index is 0.757. The van der Waals surface area contributed by atoms with Crippen LogP contribution in [0.25, 0.3) is 0 Å². The molecule has 1 rings (SSSR count). The second-order valence-corrected chi connectivity index (χ2v) is 5.34. The average Bonchev–Trinajstić information content (AvgIpc) is 2.27. The minimum Gasteiger partial charge on any atom is -0.384 e. The number of ether oxygens (including phenoxy) is 1. The molecule has 96 valence electrons. The van der Waals surface area contributed by atoms with E-state index < -0.39 is 0 Å². The van der Waals surface area contributed by atoms with Gasteiger partial charge in [0.1, 0.15) is 0 Å². The van der Waals surface area contributed by atoms with E-state index in [1.54, 1.807) is 0 Å². The molecule has 1 fully saturated rings. The molecule has 1 heterocycles. The number of methoxy groups -OCH3 is 1. The van der Waals surface area contributed by atoms with E-state index in [1.807, 2.05) is 7.11 Å². The predicted octanol–water partition coefficient (Wildman–Crippen LogP) is 1.59. The van der Waals surface area contributed by atoms with Crippen LogP contribution in [0.15, 0.2) is 0 Å². The average molecular weight is 228 g/mol. The van der Waals surface area contributed by atoms with Gasteiger partial charge in [0.15, 0.2) is 0 Å². The normalized spacial score (nSPS) is 19.5. The summed E-state index contributed by atoms with van der Waals surface area (Å²) in [4.78, 5) is 2.57. The predicted molar refractivity (Wildman–Crippen MR) is 68.7 cm³/mol. The molecular weight excluding hydrogens is 200 g/mol. The number of rotatable bonds is 7. The van der Waals surface area contributed by atoms with E-state index in [0.717, 1.165) is 31.5 Å². The Morgan fingerprint density at radius 2 is 2.00 bits per heavy atom. The molecule has 0 aliphatic carbocycles. The summed E-state index contributed by atoms with van der Waals surface area (Å²) in [7, 11) is 1.81. The van der Waals surface area contributed by atoms with Crippen molar-refractivity contribution < 1.29 is 4.74 Å². The standard InChI is InChI=1S/C13H28N2O/c1-12(2)10-14-6-9-15-7-4-13(5-8-15)11-16-3/h12-14H,4-11H2,1-3H3. The van der Waals surface area contributed by atoms with Gasteiger partial charge in [-0.2, -0.15) is 0 Å². The first-order valence-corrected chi connectivity index (χ1v) is 6.64. The van der Waals surface area contributed by atoms with Crippen LogP contribution in [-0.4, -0.2) is 51.3 Å². The van der Waals surface area contributed by atoms with Gasteiger partial charge in [0.25, 0.3) is 0 Å². The Bertz CT molecular complexity index is 165. The Labute approximate surface area is 101 Å². The van der Waals surface area contributed by atoms with Crippen molar-refractivity contribution in [3.05, 3.63) is 0 Å². The van der Waals surface area contributed by atoms with Crippen molar-refractivity contribution in [3.8, 4) is 0 Å². The van der Waals surface area contributed by atoms with E-state index in [2.05, 4.69) is 24.1 Å². The lowest BCUT2D eigenvalue weighted by Gasteiger charge is -2.31. The van der Waals surface area contributed by atoms with Crippen LogP contribution in [0.5, 0.6) is 0 Å². The molecule has 0 radical (unpaired) electrons. The fourth-order valence-electron chi connectivity index (χ4n) is 2.24. The highest BCUT2D eigenvalue weighted by atomic mass is 16.5. The van der Waals surface area contributed by atoms with E-state index >= 15 is 0 Å². The van der Waals surface area contributed by atoms with Crippen LogP contribution < -0.4 is 5.32 Å². The van der Waals surface area contributed by atoms with Gasteiger partial charge in [0.2, 0.25) is 0 Å². The molecule has 3 heteroatoms. The molecule has 3 nitrogen and oxygen atoms in total. The summed E-state index contributed by atoms with van der Waals surface area (Å²) in [5.41, 5.74) is 0. The number of hydrogen-bond acceptors (Lipinski definition) is 3. The van der Waals surface area contributed by atoms with E-state index in [1.165, 1.54) is 32.5 Å². The first kappa shape index (κ1) is 13.9. The maximum absolute atomic E-state index is 5.21. The van der Waals surface area contributed by atoms with Crippen molar-refractivity contribution in [3.63, 3.8) is 0 Å². The molecule has 0 aromatic carbocycles. The SMILES string of the molecule is COCC1CCN(CCNCC(C)C)CC1. The molecule has 1 aliphatic heterocycles. The summed E-state index contributed by atoms with van der Waals surface area (Å²) < 4.78 is 5.21. The van der Waals surface area contributed by atoms with Gasteiger partial charge in [-0.3, -0.25) is 0 Å². The maximum atomic E-state index is 5.21. The van der Waals surface area contributed by atoms with Crippen LogP contribution in [-0.2, 0) is 4.74 Å². The third-order valence-corrected chi connectivity index (χ3v) is 3.27. The van der Waals surface area contributed by atoms with Gasteiger partial charge in [-0.1, -0.05) is 13.8 Å². The first-order valence-electron chi connectivity index (χ1n) is 6.64. The fraction of sp³-hybridized carbons (Fsp3) is 1.00. The first-order chi connectivity index (χ1) is 7.72. The van der Waals surface area contributed by atoms with E-state index in [0.29, 0.717) is 0 Å². The summed E-state index contributed by atoms with van der Waals surface area (Å²) in [5.74, 6) is 1.55. The number of likely N-dealkylation sites (tertiary alicyclic amines) is 1. The Kier molecular flexibility index (Phi) is 7.01. The molecule has 1 aliphatic rings. The Hall–Kier alpha value is -0.120. The summed E-state index contributed by atoms with van der Waals surface area (Å²) in [5, 5.41) is 3.50. The van der Waals surface area contributed by atoms with Gasteiger partial charge < -0.3 is 15.0 Å². The van der Waals surface area contributed by atoms with Crippen molar-refractivity contribution in [2.45, 2.75) is 26.7 Å². The Balaban J connectivity index is 1.99. The van der Waals surface area contributed by atoms with Gasteiger partial charge in [0.05, 0.1) is 0 Å². The molecule has 0 atom stereocenters. The number of hydrogen-bond donors (Lipinski definition) is 1. The van der Waals surface area contributed by atoms with Crippen LogP contribution in [0.2, 0.25) is 0 Å². The number of nitrogens with one attached hydrogen (secondary N) is 1. The molecule has 0 saturated carbocycles. The van der Waals surface area contributed by atoms with Gasteiger partial charge >= 0.3 is 0 Å². The maximum Gasteiger partial charge on any atom is 0.0491 e. The quantitative estimate of drug-likeness (QED) is 0.670. The van der Waals surface area contributed by atoms with Gasteiger partial charge in [0, 0.05) is 26.8 Å². The zero-order chi connectivity index (χ0) is 11.8. The molecule has 0 unspecified atom stereocenters. The minimum atomic E-state index is 0.757. The third kappa shape index (κ3) is 5.83. The van der Waals surface area contributed by atoms with Gasteiger partial charge in [-0.05, 0) is 44.3 Å². The molecule has 0 aromatic rings. The van der Waals surface area contributed by atoms with Crippen LogP contribution >= 0.6 is 0 Å². The van der Waals surface area contributed by atoms with Crippen LogP contribution in [0.3, 0.4) is 0 Å². The second-order valence-electron chi connectivity index (χ2n) is 5.34. The number of nitrogens with zero attached hydrogens (tertiary/aromatic N) is 1. The lowest BCUT2D eigenvalue weighted by Crippen LogP contribution is -2.39. The topological polar surface area (TPSA) is 24.5 Å². The lowest BCUT2D eigenvalue weighted by molar-refractivity contribution is 0.0998. The molecule has 0 amide bonds. The summed E-state index contributed by atoms with van der Waals surface area (Å²) in [6, 6.07) is 0. The third-order valence-electron chi connectivity index (χ3n) is 3.27. The zero-order valence-corrected chi connectivity index (χ0v) is 11.2. The largest absolute Gasteiger partial charge is 0.384 e. The van der Waals surface area contributed by atoms with Crippen molar-refractivity contribution in [1.82, 2.24) is 10.2 Å².